The molecule has 0 aliphatic heterocycles. The molecule has 0 spiro atoms. The maximum atomic E-state index is 13.6. The highest BCUT2D eigenvalue weighted by molar-refractivity contribution is 9.10. The summed E-state index contributed by atoms with van der Waals surface area (Å²) in [5.41, 5.74) is 0.518. The number of anilines is 1. The van der Waals surface area contributed by atoms with Crippen LogP contribution in [0.4, 0.5) is 14.5 Å². The number of amides is 1. The van der Waals surface area contributed by atoms with Gasteiger partial charge in [0.25, 0.3) is 0 Å². The van der Waals surface area contributed by atoms with Crippen LogP contribution >= 0.6 is 15.9 Å². The predicted octanol–water partition coefficient (Wildman–Crippen LogP) is 3.25. The smallest absolute Gasteiger partial charge is 0.246 e. The van der Waals surface area contributed by atoms with Gasteiger partial charge in [-0.15, -0.1) is 0 Å². The number of nitrogens with zero attached hydrogens (tertiary/aromatic N) is 3. The molecule has 12 heteroatoms. The average Bonchev–Trinajstić information content (AvgIpc) is 3.17. The van der Waals surface area contributed by atoms with Crippen molar-refractivity contribution in [1.82, 2.24) is 15.5 Å². The summed E-state index contributed by atoms with van der Waals surface area (Å²) in [5.74, 6) is -2.64. The lowest BCUT2D eigenvalue weighted by atomic mass is 10.2. The molecule has 0 radical (unpaired) electrons. The van der Waals surface area contributed by atoms with Gasteiger partial charge in [-0.3, -0.25) is 9.10 Å². The van der Waals surface area contributed by atoms with Crippen molar-refractivity contribution < 1.29 is 26.5 Å². The Bertz CT molecular complexity index is 1220. The number of carbonyl (C=O) groups is 1. The zero-order valence-corrected chi connectivity index (χ0v) is 18.7. The van der Waals surface area contributed by atoms with E-state index < -0.39 is 33.6 Å². The third-order valence-corrected chi connectivity index (χ3v) is 5.95. The van der Waals surface area contributed by atoms with Crippen molar-refractivity contribution in [2.45, 2.75) is 19.5 Å². The number of rotatable bonds is 7. The first-order valence-corrected chi connectivity index (χ1v) is 11.5. The first-order valence-electron chi connectivity index (χ1n) is 8.87. The number of sulfonamides is 1. The van der Waals surface area contributed by atoms with Gasteiger partial charge in [0.15, 0.2) is 11.6 Å². The molecular weight excluding hydrogens is 498 g/mol. The fraction of sp³-hybridized carbons (Fsp3) is 0.211. The second-order valence-corrected chi connectivity index (χ2v) is 9.35. The molecule has 2 aromatic carbocycles. The van der Waals surface area contributed by atoms with Crippen molar-refractivity contribution in [3.63, 3.8) is 0 Å². The Morgan fingerprint density at radius 3 is 2.61 bits per heavy atom. The minimum absolute atomic E-state index is 0.106. The molecule has 1 atom stereocenters. The van der Waals surface area contributed by atoms with Crippen LogP contribution in [0.1, 0.15) is 12.8 Å². The lowest BCUT2D eigenvalue weighted by Crippen LogP contribution is -2.47. The maximum absolute atomic E-state index is 13.6. The van der Waals surface area contributed by atoms with Crippen LogP contribution in [0.25, 0.3) is 11.4 Å². The molecule has 0 aliphatic carbocycles. The first kappa shape index (κ1) is 22.8. The number of nitrogens with one attached hydrogen (secondary N) is 1. The van der Waals surface area contributed by atoms with Crippen LogP contribution in [0.5, 0.6) is 0 Å². The van der Waals surface area contributed by atoms with Gasteiger partial charge >= 0.3 is 0 Å². The van der Waals surface area contributed by atoms with Gasteiger partial charge in [0.2, 0.25) is 27.6 Å². The SMILES string of the molecule is CC(C(=O)NCc1nc(-c2cccc(Br)c2)no1)N(c1ccc(F)c(F)c1)S(C)(=O)=O. The van der Waals surface area contributed by atoms with Gasteiger partial charge in [-0.25, -0.2) is 17.2 Å². The van der Waals surface area contributed by atoms with Crippen LogP contribution < -0.4 is 9.62 Å². The summed E-state index contributed by atoms with van der Waals surface area (Å²) < 4.78 is 57.9. The van der Waals surface area contributed by atoms with E-state index in [-0.39, 0.29) is 18.1 Å². The molecule has 0 saturated carbocycles. The van der Waals surface area contributed by atoms with E-state index >= 15 is 0 Å². The Morgan fingerprint density at radius 2 is 1.97 bits per heavy atom. The Labute approximate surface area is 185 Å². The van der Waals surface area contributed by atoms with Crippen LogP contribution in [0, 0.1) is 11.6 Å². The van der Waals surface area contributed by atoms with Crippen LogP contribution in [-0.4, -0.2) is 36.8 Å². The maximum Gasteiger partial charge on any atom is 0.246 e. The summed E-state index contributed by atoms with van der Waals surface area (Å²) >= 11 is 3.35. The molecule has 1 amide bonds. The number of carbonyl (C=O) groups excluding carboxylic acids is 1. The number of hydrogen-bond donors (Lipinski definition) is 1. The minimum Gasteiger partial charge on any atom is -0.345 e. The van der Waals surface area contributed by atoms with E-state index in [2.05, 4.69) is 31.4 Å². The zero-order valence-electron chi connectivity index (χ0n) is 16.3. The third-order valence-electron chi connectivity index (χ3n) is 4.21. The summed E-state index contributed by atoms with van der Waals surface area (Å²) in [4.78, 5) is 16.8. The monoisotopic (exact) mass is 514 g/mol. The van der Waals surface area contributed by atoms with Crippen molar-refractivity contribution >= 4 is 37.5 Å². The topological polar surface area (TPSA) is 105 Å². The molecule has 1 aromatic heterocycles. The molecule has 0 bridgehead atoms. The van der Waals surface area contributed by atoms with Gasteiger partial charge in [-0.1, -0.05) is 33.2 Å². The Kier molecular flexibility index (Phi) is 6.70. The Morgan fingerprint density at radius 1 is 1.23 bits per heavy atom. The number of halogens is 3. The van der Waals surface area contributed by atoms with E-state index in [0.717, 1.165) is 22.9 Å². The van der Waals surface area contributed by atoms with Gasteiger partial charge in [-0.2, -0.15) is 4.98 Å². The summed E-state index contributed by atoms with van der Waals surface area (Å²) in [6, 6.07) is 8.53. The fourth-order valence-electron chi connectivity index (χ4n) is 2.81. The highest BCUT2D eigenvalue weighted by atomic mass is 79.9. The molecule has 1 heterocycles. The summed E-state index contributed by atoms with van der Waals surface area (Å²) in [5, 5.41) is 6.35. The van der Waals surface area contributed by atoms with Crippen LogP contribution in [-0.2, 0) is 21.4 Å². The van der Waals surface area contributed by atoms with Gasteiger partial charge < -0.3 is 9.84 Å². The second-order valence-electron chi connectivity index (χ2n) is 6.57. The number of benzene rings is 2. The van der Waals surface area contributed by atoms with Crippen LogP contribution in [0.3, 0.4) is 0 Å². The highest BCUT2D eigenvalue weighted by Crippen LogP contribution is 2.23. The fourth-order valence-corrected chi connectivity index (χ4v) is 4.38. The Balaban J connectivity index is 1.73. The van der Waals surface area contributed by atoms with Crippen molar-refractivity contribution in [3.05, 3.63) is 64.5 Å². The van der Waals surface area contributed by atoms with E-state index in [1.807, 2.05) is 6.07 Å². The average molecular weight is 515 g/mol. The molecule has 3 rings (SSSR count). The molecule has 0 fully saturated rings. The molecule has 164 valence electrons. The van der Waals surface area contributed by atoms with Crippen molar-refractivity contribution in [1.29, 1.82) is 0 Å². The zero-order chi connectivity index (χ0) is 22.8. The number of hydrogen-bond acceptors (Lipinski definition) is 6. The lowest BCUT2D eigenvalue weighted by Gasteiger charge is -2.28. The van der Waals surface area contributed by atoms with E-state index in [9.17, 15) is 22.0 Å². The van der Waals surface area contributed by atoms with Crippen molar-refractivity contribution in [2.75, 3.05) is 10.6 Å². The minimum atomic E-state index is -3.98. The van der Waals surface area contributed by atoms with Crippen LogP contribution in [0.2, 0.25) is 0 Å². The summed E-state index contributed by atoms with van der Waals surface area (Å²) in [6.45, 7) is 1.16. The second kappa shape index (κ2) is 9.10. The standard InChI is InChI=1S/C19H17BrF2N4O4S/c1-11(26(31(2,28)29)14-6-7-15(21)16(22)9-14)19(27)23-10-17-24-18(25-30-17)12-4-3-5-13(20)8-12/h3-9,11H,10H2,1-2H3,(H,23,27). The van der Waals surface area contributed by atoms with Gasteiger partial charge in [0.05, 0.1) is 18.5 Å². The lowest BCUT2D eigenvalue weighted by molar-refractivity contribution is -0.122. The van der Waals surface area contributed by atoms with E-state index in [4.69, 9.17) is 4.52 Å². The van der Waals surface area contributed by atoms with Gasteiger partial charge in [0.1, 0.15) is 6.04 Å². The Hall–Kier alpha value is -2.86. The van der Waals surface area contributed by atoms with Crippen molar-refractivity contribution in [2.24, 2.45) is 0 Å². The molecule has 31 heavy (non-hydrogen) atoms. The third kappa shape index (κ3) is 5.44. The molecular formula is C19H17BrF2N4O4S. The molecule has 0 aliphatic rings. The van der Waals surface area contributed by atoms with Gasteiger partial charge in [-0.05, 0) is 31.2 Å². The highest BCUT2D eigenvalue weighted by Gasteiger charge is 2.30. The van der Waals surface area contributed by atoms with E-state index in [1.165, 1.54) is 6.92 Å². The molecule has 8 nitrogen and oxygen atoms in total. The summed E-state index contributed by atoms with van der Waals surface area (Å²) in [6.07, 6.45) is 0.861. The first-order chi connectivity index (χ1) is 14.6. The molecule has 1 N–H and O–H groups in total. The molecule has 0 saturated heterocycles. The molecule has 3 aromatic rings. The quantitative estimate of drug-likeness (QED) is 0.518. The largest absolute Gasteiger partial charge is 0.345 e. The predicted molar refractivity (Wildman–Crippen MR) is 112 cm³/mol. The van der Waals surface area contributed by atoms with Crippen molar-refractivity contribution in [3.8, 4) is 11.4 Å². The summed E-state index contributed by atoms with van der Waals surface area (Å²) in [7, 11) is -3.98. The molecule has 1 unspecified atom stereocenters. The van der Waals surface area contributed by atoms with E-state index in [0.29, 0.717) is 21.8 Å². The van der Waals surface area contributed by atoms with Crippen LogP contribution in [0.15, 0.2) is 51.5 Å². The normalized spacial score (nSPS) is 12.4. The number of aromatic nitrogens is 2. The van der Waals surface area contributed by atoms with Gasteiger partial charge in [0, 0.05) is 16.1 Å². The van der Waals surface area contributed by atoms with E-state index in [1.54, 1.807) is 18.2 Å².